The predicted molar refractivity (Wildman–Crippen MR) is 163 cm³/mol. The second kappa shape index (κ2) is 13.3. The SMILES string of the molecule is COc1ccc2cc1Oc1cc(ccc1O)CCC(=O)N1C[C@@H](NC(=O)CCCn3cncn3)C[C@H]1C(=O)NCc1nc-2oc1C. The molecule has 4 heterocycles. The molecule has 14 nitrogen and oxygen atoms in total. The first-order valence-corrected chi connectivity index (χ1v) is 15.1. The minimum Gasteiger partial charge on any atom is -0.504 e. The van der Waals surface area contributed by atoms with Crippen molar-refractivity contribution in [1.82, 2.24) is 35.3 Å². The summed E-state index contributed by atoms with van der Waals surface area (Å²) < 4.78 is 19.2. The fourth-order valence-corrected chi connectivity index (χ4v) is 5.72. The van der Waals surface area contributed by atoms with Gasteiger partial charge in [-0.05, 0) is 62.1 Å². The number of hydrogen-bond donors (Lipinski definition) is 3. The number of aromatic hydroxyl groups is 1. The molecule has 2 aromatic heterocycles. The Morgan fingerprint density at radius 3 is 2.85 bits per heavy atom. The van der Waals surface area contributed by atoms with Crippen molar-refractivity contribution in [1.29, 1.82) is 0 Å². The van der Waals surface area contributed by atoms with Crippen LogP contribution in [-0.4, -0.2) is 73.2 Å². The van der Waals surface area contributed by atoms with Crippen LogP contribution in [0.4, 0.5) is 0 Å². The summed E-state index contributed by atoms with van der Waals surface area (Å²) >= 11 is 0. The van der Waals surface area contributed by atoms with Gasteiger partial charge in [-0.25, -0.2) is 9.97 Å². The Morgan fingerprint density at radius 2 is 2.04 bits per heavy atom. The van der Waals surface area contributed by atoms with Crippen LogP contribution in [0.1, 0.15) is 42.7 Å². The number of benzene rings is 2. The van der Waals surface area contributed by atoms with Crippen LogP contribution >= 0.6 is 0 Å². The first-order chi connectivity index (χ1) is 22.3. The van der Waals surface area contributed by atoms with Gasteiger partial charge in [0.25, 0.3) is 0 Å². The summed E-state index contributed by atoms with van der Waals surface area (Å²) in [6.45, 7) is 2.60. The van der Waals surface area contributed by atoms with Crippen molar-refractivity contribution in [2.24, 2.45) is 0 Å². The van der Waals surface area contributed by atoms with Gasteiger partial charge in [-0.1, -0.05) is 6.07 Å². The lowest BCUT2D eigenvalue weighted by Crippen LogP contribution is -2.46. The zero-order valence-electron chi connectivity index (χ0n) is 25.6. The molecule has 3 amide bonds. The molecule has 4 aromatic rings. The van der Waals surface area contributed by atoms with Gasteiger partial charge in [-0.3, -0.25) is 19.1 Å². The van der Waals surface area contributed by atoms with Crippen LogP contribution in [0, 0.1) is 6.92 Å². The predicted octanol–water partition coefficient (Wildman–Crippen LogP) is 2.88. The molecule has 0 spiro atoms. The zero-order chi connectivity index (χ0) is 32.2. The van der Waals surface area contributed by atoms with Crippen molar-refractivity contribution in [3.63, 3.8) is 0 Å². The van der Waals surface area contributed by atoms with Gasteiger partial charge in [0.1, 0.15) is 30.2 Å². The quantitative estimate of drug-likeness (QED) is 0.288. The fraction of sp³-hybridized carbons (Fsp3) is 0.375. The Balaban J connectivity index is 1.24. The number of rotatable bonds is 6. The monoisotopic (exact) mass is 629 g/mol. The maximum Gasteiger partial charge on any atom is 0.243 e. The fourth-order valence-electron chi connectivity index (χ4n) is 5.72. The summed E-state index contributed by atoms with van der Waals surface area (Å²) in [5.74, 6) is 0.991. The van der Waals surface area contributed by atoms with E-state index in [9.17, 15) is 19.5 Å². The second-order valence-corrected chi connectivity index (χ2v) is 11.3. The topological polar surface area (TPSA) is 174 Å². The zero-order valence-corrected chi connectivity index (χ0v) is 25.6. The number of nitrogens with one attached hydrogen (secondary N) is 2. The lowest BCUT2D eigenvalue weighted by atomic mass is 10.1. The normalized spacial score (nSPS) is 18.2. The summed E-state index contributed by atoms with van der Waals surface area (Å²) in [5.41, 5.74) is 1.89. The third-order valence-electron chi connectivity index (χ3n) is 8.15. The summed E-state index contributed by atoms with van der Waals surface area (Å²) in [5, 5.41) is 20.5. The van der Waals surface area contributed by atoms with Crippen LogP contribution in [0.2, 0.25) is 0 Å². The van der Waals surface area contributed by atoms with E-state index in [-0.39, 0.29) is 67.6 Å². The molecule has 240 valence electrons. The Morgan fingerprint density at radius 1 is 1.17 bits per heavy atom. The molecule has 2 aliphatic heterocycles. The highest BCUT2D eigenvalue weighted by Crippen LogP contribution is 2.39. The van der Waals surface area contributed by atoms with E-state index in [0.29, 0.717) is 53.8 Å². The maximum absolute atomic E-state index is 13.6. The minimum atomic E-state index is -0.777. The molecular formula is C32H35N7O7. The summed E-state index contributed by atoms with van der Waals surface area (Å²) in [4.78, 5) is 49.9. The number of ether oxygens (including phenoxy) is 2. The van der Waals surface area contributed by atoms with E-state index in [2.05, 4.69) is 25.7 Å². The third-order valence-corrected chi connectivity index (χ3v) is 8.15. The van der Waals surface area contributed by atoms with Crippen LogP contribution in [0.25, 0.3) is 11.5 Å². The van der Waals surface area contributed by atoms with Gasteiger partial charge in [0, 0.05) is 37.5 Å². The standard InChI is InChI=1S/C32H35N7O7/c1-19-23-15-34-31(43)24-14-22(36-29(41)4-3-11-38-18-33-17-35-38)16-39(24)30(42)10-6-20-5-8-25(40)27(12-20)46-28-13-21(32(37-23)45-19)7-9-26(28)44-2/h5,7-9,12-13,17-18,22,24,40H,3-4,6,10-11,14-16H2,1-2H3,(H,34,43)(H,36,41)/t22-,24-/m0/s1. The number of aryl methyl sites for hydroxylation is 3. The highest BCUT2D eigenvalue weighted by molar-refractivity contribution is 5.89. The van der Waals surface area contributed by atoms with E-state index in [1.807, 2.05) is 0 Å². The van der Waals surface area contributed by atoms with E-state index < -0.39 is 6.04 Å². The van der Waals surface area contributed by atoms with Crippen molar-refractivity contribution >= 4 is 17.7 Å². The first kappa shape index (κ1) is 30.6. The van der Waals surface area contributed by atoms with Gasteiger partial charge in [0.15, 0.2) is 23.0 Å². The maximum atomic E-state index is 13.6. The van der Waals surface area contributed by atoms with Crippen LogP contribution < -0.4 is 20.1 Å². The van der Waals surface area contributed by atoms with Crippen LogP contribution in [0.15, 0.2) is 53.5 Å². The number of amides is 3. The van der Waals surface area contributed by atoms with Crippen LogP contribution in [-0.2, 0) is 33.9 Å². The summed E-state index contributed by atoms with van der Waals surface area (Å²) in [7, 11) is 1.51. The van der Waals surface area contributed by atoms with Crippen molar-refractivity contribution in [2.45, 2.75) is 64.2 Å². The Kier molecular flexibility index (Phi) is 8.85. The number of fused-ring (bicyclic) bond motifs is 8. The van der Waals surface area contributed by atoms with Gasteiger partial charge >= 0.3 is 0 Å². The van der Waals surface area contributed by atoms with Gasteiger partial charge in [-0.15, -0.1) is 0 Å². The molecule has 1 fully saturated rings. The van der Waals surface area contributed by atoms with E-state index >= 15 is 0 Å². The summed E-state index contributed by atoms with van der Waals surface area (Å²) in [6.07, 6.45) is 4.61. The molecule has 2 aliphatic rings. The number of hydrogen-bond acceptors (Lipinski definition) is 10. The van der Waals surface area contributed by atoms with Gasteiger partial charge in [0.05, 0.1) is 13.7 Å². The van der Waals surface area contributed by atoms with E-state index in [1.54, 1.807) is 48.3 Å². The first-order valence-electron chi connectivity index (χ1n) is 15.1. The van der Waals surface area contributed by atoms with Crippen molar-refractivity contribution < 1.29 is 33.4 Å². The number of aromatic nitrogens is 4. The van der Waals surface area contributed by atoms with Crippen molar-refractivity contribution in [3.8, 4) is 34.5 Å². The number of methoxy groups -OCH3 is 1. The molecular weight excluding hydrogens is 594 g/mol. The summed E-state index contributed by atoms with van der Waals surface area (Å²) in [6, 6.07) is 8.92. The average Bonchev–Trinajstić information content (AvgIpc) is 3.80. The molecule has 6 bridgehead atoms. The Labute approximate surface area is 264 Å². The molecule has 0 aliphatic carbocycles. The number of phenols is 1. The van der Waals surface area contributed by atoms with Gasteiger partial charge in [-0.2, -0.15) is 5.10 Å². The smallest absolute Gasteiger partial charge is 0.243 e. The molecule has 1 saturated heterocycles. The Bertz CT molecular complexity index is 1740. The van der Waals surface area contributed by atoms with E-state index in [0.717, 1.165) is 5.56 Å². The second-order valence-electron chi connectivity index (χ2n) is 11.3. The molecule has 46 heavy (non-hydrogen) atoms. The molecule has 14 heteroatoms. The number of oxazole rings is 1. The minimum absolute atomic E-state index is 0.0812. The van der Waals surface area contributed by atoms with E-state index in [1.165, 1.54) is 24.4 Å². The highest BCUT2D eigenvalue weighted by Gasteiger charge is 2.40. The molecule has 2 atom stereocenters. The molecule has 3 N–H and O–H groups in total. The van der Waals surface area contributed by atoms with Crippen molar-refractivity contribution in [3.05, 3.63) is 66.1 Å². The molecule has 6 rings (SSSR count). The van der Waals surface area contributed by atoms with Gasteiger partial charge < -0.3 is 34.5 Å². The van der Waals surface area contributed by atoms with Crippen LogP contribution in [0.5, 0.6) is 23.0 Å². The van der Waals surface area contributed by atoms with Gasteiger partial charge in [0.2, 0.25) is 23.6 Å². The lowest BCUT2D eigenvalue weighted by molar-refractivity contribution is -0.138. The van der Waals surface area contributed by atoms with E-state index in [4.69, 9.17) is 13.9 Å². The molecule has 0 unspecified atom stereocenters. The van der Waals surface area contributed by atoms with Crippen LogP contribution in [0.3, 0.4) is 0 Å². The highest BCUT2D eigenvalue weighted by atomic mass is 16.5. The molecule has 0 radical (unpaired) electrons. The Hall–Kier alpha value is -5.40. The number of carbonyl (C=O) groups excluding carboxylic acids is 3. The molecule has 2 aromatic carbocycles. The molecule has 0 saturated carbocycles. The lowest BCUT2D eigenvalue weighted by Gasteiger charge is -2.24. The number of nitrogens with zero attached hydrogens (tertiary/aromatic N) is 5. The third kappa shape index (κ3) is 6.80. The average molecular weight is 630 g/mol. The number of phenolic OH excluding ortho intramolecular Hbond substituents is 1. The number of carbonyl (C=O) groups is 3. The largest absolute Gasteiger partial charge is 0.504 e. The van der Waals surface area contributed by atoms with Crippen molar-refractivity contribution in [2.75, 3.05) is 13.7 Å².